The summed E-state index contributed by atoms with van der Waals surface area (Å²) in [4.78, 5) is 22.2. The standard InChI is InChI=1S/C16H17N3O4/c20-14(12-2-6-21-9-12)19-10-16(11-19)8-13(3-7-22-16)23-15-17-4-1-5-18-15/h1-2,4-6,9,13H,3,7-8,10-11H2/t13-/m1/s1. The third kappa shape index (κ3) is 2.79. The Hall–Kier alpha value is -2.41. The summed E-state index contributed by atoms with van der Waals surface area (Å²) in [5, 5.41) is 0. The second-order valence-electron chi connectivity index (χ2n) is 5.97. The molecule has 1 atom stereocenters. The SMILES string of the molecule is O=C(c1ccoc1)N1CC2(C[C@H](Oc3ncccn3)CCO2)C1. The van der Waals surface area contributed by atoms with Crippen LogP contribution in [-0.4, -0.2) is 52.2 Å². The topological polar surface area (TPSA) is 77.7 Å². The lowest BCUT2D eigenvalue weighted by molar-refractivity contribution is -0.174. The first-order valence-corrected chi connectivity index (χ1v) is 7.63. The molecule has 7 nitrogen and oxygen atoms in total. The van der Waals surface area contributed by atoms with E-state index >= 15 is 0 Å². The van der Waals surface area contributed by atoms with Crippen LogP contribution >= 0.6 is 0 Å². The van der Waals surface area contributed by atoms with Crippen molar-refractivity contribution >= 4 is 5.91 Å². The number of carbonyl (C=O) groups excluding carboxylic acids is 1. The van der Waals surface area contributed by atoms with Gasteiger partial charge in [0.15, 0.2) is 0 Å². The molecule has 2 saturated heterocycles. The first-order chi connectivity index (χ1) is 11.2. The van der Waals surface area contributed by atoms with Crippen molar-refractivity contribution < 1.29 is 18.7 Å². The Bertz CT molecular complexity index is 668. The lowest BCUT2D eigenvalue weighted by atomic mass is 9.84. The number of likely N-dealkylation sites (tertiary alicyclic amines) is 1. The molecule has 4 rings (SSSR count). The molecule has 2 fully saturated rings. The van der Waals surface area contributed by atoms with E-state index in [1.165, 1.54) is 12.5 Å². The Kier molecular flexibility index (Phi) is 3.49. The average Bonchev–Trinajstić information content (AvgIpc) is 3.07. The van der Waals surface area contributed by atoms with Gasteiger partial charge in [0.05, 0.1) is 31.5 Å². The van der Waals surface area contributed by atoms with E-state index in [4.69, 9.17) is 13.9 Å². The molecule has 4 heterocycles. The van der Waals surface area contributed by atoms with E-state index in [1.807, 2.05) is 0 Å². The molecule has 120 valence electrons. The maximum Gasteiger partial charge on any atom is 0.316 e. The van der Waals surface area contributed by atoms with Gasteiger partial charge in [-0.15, -0.1) is 0 Å². The zero-order valence-corrected chi connectivity index (χ0v) is 12.6. The fourth-order valence-corrected chi connectivity index (χ4v) is 3.16. The van der Waals surface area contributed by atoms with Gasteiger partial charge in [0.1, 0.15) is 18.0 Å². The molecule has 0 aliphatic carbocycles. The minimum atomic E-state index is -0.308. The number of aromatic nitrogens is 2. The van der Waals surface area contributed by atoms with Gasteiger partial charge in [0.25, 0.3) is 5.91 Å². The minimum Gasteiger partial charge on any atom is -0.472 e. The van der Waals surface area contributed by atoms with E-state index in [0.717, 1.165) is 12.8 Å². The largest absolute Gasteiger partial charge is 0.472 e. The van der Waals surface area contributed by atoms with Crippen LogP contribution in [0.5, 0.6) is 6.01 Å². The molecule has 7 heteroatoms. The van der Waals surface area contributed by atoms with E-state index < -0.39 is 0 Å². The van der Waals surface area contributed by atoms with Gasteiger partial charge in [0, 0.05) is 25.2 Å². The minimum absolute atomic E-state index is 0.0114. The zero-order chi connectivity index (χ0) is 15.7. The van der Waals surface area contributed by atoms with Crippen molar-refractivity contribution in [3.8, 4) is 6.01 Å². The fraction of sp³-hybridized carbons (Fsp3) is 0.438. The highest BCUT2D eigenvalue weighted by molar-refractivity contribution is 5.94. The van der Waals surface area contributed by atoms with Gasteiger partial charge < -0.3 is 18.8 Å². The van der Waals surface area contributed by atoms with Crippen LogP contribution in [0.15, 0.2) is 41.5 Å². The van der Waals surface area contributed by atoms with Crippen molar-refractivity contribution in [3.05, 3.63) is 42.6 Å². The number of nitrogens with zero attached hydrogens (tertiary/aromatic N) is 3. The number of rotatable bonds is 3. The van der Waals surface area contributed by atoms with Gasteiger partial charge in [0.2, 0.25) is 0 Å². The number of hydrogen-bond acceptors (Lipinski definition) is 6. The van der Waals surface area contributed by atoms with Gasteiger partial charge in [-0.2, -0.15) is 0 Å². The van der Waals surface area contributed by atoms with Crippen LogP contribution in [0.1, 0.15) is 23.2 Å². The monoisotopic (exact) mass is 315 g/mol. The van der Waals surface area contributed by atoms with Crippen LogP contribution in [0.25, 0.3) is 0 Å². The predicted molar refractivity (Wildman–Crippen MR) is 79.0 cm³/mol. The molecule has 0 N–H and O–H groups in total. The summed E-state index contributed by atoms with van der Waals surface area (Å²) in [7, 11) is 0. The Morgan fingerprint density at radius 3 is 2.91 bits per heavy atom. The van der Waals surface area contributed by atoms with Crippen LogP contribution in [0, 0.1) is 0 Å². The summed E-state index contributed by atoms with van der Waals surface area (Å²) >= 11 is 0. The molecule has 2 aliphatic heterocycles. The van der Waals surface area contributed by atoms with Crippen molar-refractivity contribution in [1.29, 1.82) is 0 Å². The Labute approximate surface area is 133 Å². The number of ether oxygens (including phenoxy) is 2. The van der Waals surface area contributed by atoms with Crippen molar-refractivity contribution in [2.45, 2.75) is 24.5 Å². The number of amides is 1. The van der Waals surface area contributed by atoms with E-state index in [9.17, 15) is 4.79 Å². The number of carbonyl (C=O) groups is 1. The molecule has 1 spiro atoms. The van der Waals surface area contributed by atoms with E-state index in [-0.39, 0.29) is 17.6 Å². The highest BCUT2D eigenvalue weighted by Gasteiger charge is 2.50. The first kappa shape index (κ1) is 14.2. The van der Waals surface area contributed by atoms with Crippen molar-refractivity contribution in [1.82, 2.24) is 14.9 Å². The van der Waals surface area contributed by atoms with Crippen molar-refractivity contribution in [2.24, 2.45) is 0 Å². The smallest absolute Gasteiger partial charge is 0.316 e. The normalized spacial score (nSPS) is 22.6. The van der Waals surface area contributed by atoms with Crippen LogP contribution < -0.4 is 4.74 Å². The molecule has 0 aromatic carbocycles. The third-order valence-corrected chi connectivity index (χ3v) is 4.28. The third-order valence-electron chi connectivity index (χ3n) is 4.28. The zero-order valence-electron chi connectivity index (χ0n) is 12.6. The summed E-state index contributed by atoms with van der Waals surface area (Å²) in [5.74, 6) is -0.0255. The molecule has 2 aliphatic rings. The predicted octanol–water partition coefficient (Wildman–Crippen LogP) is 1.52. The highest BCUT2D eigenvalue weighted by Crippen LogP contribution is 2.36. The van der Waals surface area contributed by atoms with Gasteiger partial charge in [-0.25, -0.2) is 9.97 Å². The molecule has 2 aromatic rings. The maximum absolute atomic E-state index is 12.2. The molecule has 1 amide bonds. The molecule has 0 saturated carbocycles. The van der Waals surface area contributed by atoms with Crippen molar-refractivity contribution in [2.75, 3.05) is 19.7 Å². The second kappa shape index (κ2) is 5.66. The maximum atomic E-state index is 12.2. The van der Waals surface area contributed by atoms with E-state index in [0.29, 0.717) is 31.3 Å². The summed E-state index contributed by atoms with van der Waals surface area (Å²) in [5.41, 5.74) is 0.262. The molecule has 23 heavy (non-hydrogen) atoms. The molecule has 0 unspecified atom stereocenters. The second-order valence-corrected chi connectivity index (χ2v) is 5.97. The summed E-state index contributed by atoms with van der Waals surface area (Å²) in [6.07, 6.45) is 7.84. The van der Waals surface area contributed by atoms with Gasteiger partial charge in [-0.05, 0) is 12.1 Å². The summed E-state index contributed by atoms with van der Waals surface area (Å²) < 4.78 is 16.7. The van der Waals surface area contributed by atoms with Crippen LogP contribution in [-0.2, 0) is 4.74 Å². The van der Waals surface area contributed by atoms with Gasteiger partial charge in [-0.1, -0.05) is 0 Å². The lowest BCUT2D eigenvalue weighted by Crippen LogP contribution is -2.67. The molecule has 0 bridgehead atoms. The summed E-state index contributed by atoms with van der Waals surface area (Å²) in [6.45, 7) is 1.77. The number of hydrogen-bond donors (Lipinski definition) is 0. The fourth-order valence-electron chi connectivity index (χ4n) is 3.16. The quantitative estimate of drug-likeness (QED) is 0.854. The lowest BCUT2D eigenvalue weighted by Gasteiger charge is -2.52. The van der Waals surface area contributed by atoms with Gasteiger partial charge >= 0.3 is 6.01 Å². The number of furan rings is 1. The van der Waals surface area contributed by atoms with E-state index in [1.54, 1.807) is 29.4 Å². The summed E-state index contributed by atoms with van der Waals surface area (Å²) in [6, 6.07) is 3.82. The Balaban J connectivity index is 1.36. The highest BCUT2D eigenvalue weighted by atomic mass is 16.5. The first-order valence-electron chi connectivity index (χ1n) is 7.63. The van der Waals surface area contributed by atoms with Crippen LogP contribution in [0.2, 0.25) is 0 Å². The van der Waals surface area contributed by atoms with Crippen LogP contribution in [0.3, 0.4) is 0 Å². The molecule has 0 radical (unpaired) electrons. The molecular formula is C16H17N3O4. The Morgan fingerprint density at radius 2 is 2.17 bits per heavy atom. The van der Waals surface area contributed by atoms with E-state index in [2.05, 4.69) is 9.97 Å². The van der Waals surface area contributed by atoms with Gasteiger partial charge in [-0.3, -0.25) is 4.79 Å². The van der Waals surface area contributed by atoms with Crippen LogP contribution in [0.4, 0.5) is 0 Å². The molecule has 2 aromatic heterocycles. The Morgan fingerprint density at radius 1 is 1.35 bits per heavy atom. The van der Waals surface area contributed by atoms with Crippen molar-refractivity contribution in [3.63, 3.8) is 0 Å². The average molecular weight is 315 g/mol. The molecular weight excluding hydrogens is 298 g/mol.